The van der Waals surface area contributed by atoms with Crippen LogP contribution in [0.25, 0.3) is 0 Å². The highest BCUT2D eigenvalue weighted by Gasteiger charge is 2.35. The third-order valence-electron chi connectivity index (χ3n) is 4.03. The van der Waals surface area contributed by atoms with Crippen LogP contribution < -0.4 is 4.90 Å². The first kappa shape index (κ1) is 14.3. The average molecular weight is 316 g/mol. The smallest absolute Gasteiger partial charge is 0.185 e. The van der Waals surface area contributed by atoms with Crippen LogP contribution >= 0.6 is 11.3 Å². The Morgan fingerprint density at radius 1 is 1.35 bits per heavy atom. The topological polar surface area (TPSA) is 70.5 Å². The van der Waals surface area contributed by atoms with Crippen LogP contribution in [0.5, 0.6) is 0 Å². The molecule has 112 valence electrons. The molecule has 1 unspecified atom stereocenters. The van der Waals surface area contributed by atoms with Crippen molar-refractivity contribution in [3.05, 3.63) is 10.6 Å². The number of aromatic nitrogens is 1. The van der Waals surface area contributed by atoms with Gasteiger partial charge in [0.25, 0.3) is 0 Å². The van der Waals surface area contributed by atoms with Crippen molar-refractivity contribution in [1.82, 2.24) is 4.98 Å². The zero-order valence-electron chi connectivity index (χ0n) is 11.8. The summed E-state index contributed by atoms with van der Waals surface area (Å²) in [6, 6.07) is 0. The van der Waals surface area contributed by atoms with Gasteiger partial charge in [-0.3, -0.25) is 0 Å². The summed E-state index contributed by atoms with van der Waals surface area (Å²) in [5.41, 5.74) is 1.06. The second-order valence-electron chi connectivity index (χ2n) is 6.51. The molecule has 1 aromatic rings. The molecule has 1 N–H and O–H groups in total. The normalized spacial score (nSPS) is 28.1. The zero-order chi connectivity index (χ0) is 14.5. The van der Waals surface area contributed by atoms with Crippen molar-refractivity contribution >= 4 is 26.3 Å². The van der Waals surface area contributed by atoms with Crippen LogP contribution in [0.3, 0.4) is 0 Å². The second-order valence-corrected chi connectivity index (χ2v) is 9.82. The van der Waals surface area contributed by atoms with Gasteiger partial charge in [0.2, 0.25) is 0 Å². The average Bonchev–Trinajstić information content (AvgIpc) is 2.71. The predicted octanol–water partition coefficient (Wildman–Crippen LogP) is 1.38. The molecule has 0 spiro atoms. The van der Waals surface area contributed by atoms with Crippen LogP contribution in [0.2, 0.25) is 0 Å². The van der Waals surface area contributed by atoms with Crippen molar-refractivity contribution < 1.29 is 13.5 Å². The summed E-state index contributed by atoms with van der Waals surface area (Å²) in [4.78, 5) is 7.65. The highest BCUT2D eigenvalue weighted by atomic mass is 32.2. The number of nitrogens with zero attached hydrogens (tertiary/aromatic N) is 2. The van der Waals surface area contributed by atoms with Crippen molar-refractivity contribution in [3.63, 3.8) is 0 Å². The van der Waals surface area contributed by atoms with Gasteiger partial charge in [0.1, 0.15) is 0 Å². The van der Waals surface area contributed by atoms with E-state index in [1.54, 1.807) is 0 Å². The van der Waals surface area contributed by atoms with E-state index >= 15 is 0 Å². The summed E-state index contributed by atoms with van der Waals surface area (Å²) in [7, 11) is -2.87. The molecule has 0 aromatic carbocycles. The molecule has 20 heavy (non-hydrogen) atoms. The van der Waals surface area contributed by atoms with E-state index in [4.69, 9.17) is 0 Å². The number of sulfone groups is 1. The van der Waals surface area contributed by atoms with Crippen molar-refractivity contribution in [2.75, 3.05) is 29.5 Å². The quantitative estimate of drug-likeness (QED) is 0.847. The van der Waals surface area contributed by atoms with Gasteiger partial charge in [-0.15, -0.1) is 0 Å². The fraction of sp³-hybridized carbons (Fsp3) is 0.769. The van der Waals surface area contributed by atoms with Crippen LogP contribution in [-0.4, -0.2) is 43.1 Å². The molecule has 1 aliphatic carbocycles. The Hall–Kier alpha value is -0.660. The third-order valence-corrected chi connectivity index (χ3v) is 6.89. The van der Waals surface area contributed by atoms with Crippen LogP contribution in [0, 0.1) is 5.41 Å². The summed E-state index contributed by atoms with van der Waals surface area (Å²) in [5.74, 6) is 0.399. The van der Waals surface area contributed by atoms with Gasteiger partial charge < -0.3 is 10.0 Å². The van der Waals surface area contributed by atoms with Crippen molar-refractivity contribution in [1.29, 1.82) is 0 Å². The lowest BCUT2D eigenvalue weighted by molar-refractivity contribution is 0.102. The van der Waals surface area contributed by atoms with Crippen LogP contribution in [0.15, 0.2) is 0 Å². The fourth-order valence-corrected chi connectivity index (χ4v) is 5.24. The number of rotatable bonds is 1. The Bertz CT molecular complexity index is 608. The lowest BCUT2D eigenvalue weighted by Crippen LogP contribution is -2.40. The zero-order valence-corrected chi connectivity index (χ0v) is 13.4. The van der Waals surface area contributed by atoms with Gasteiger partial charge in [0, 0.05) is 13.1 Å². The van der Waals surface area contributed by atoms with Gasteiger partial charge >= 0.3 is 0 Å². The summed E-state index contributed by atoms with van der Waals surface area (Å²) < 4.78 is 23.0. The van der Waals surface area contributed by atoms with Gasteiger partial charge in [-0.25, -0.2) is 13.4 Å². The second kappa shape index (κ2) is 4.68. The first-order valence-electron chi connectivity index (χ1n) is 6.89. The summed E-state index contributed by atoms with van der Waals surface area (Å²) in [5, 5.41) is 11.1. The van der Waals surface area contributed by atoms with E-state index in [2.05, 4.69) is 18.8 Å². The SMILES string of the molecule is CC1(C)Cc2nc(N3CCS(=O)(=O)CC3)sc2C(O)C1. The van der Waals surface area contributed by atoms with Crippen molar-refractivity contribution in [2.45, 2.75) is 32.8 Å². The highest BCUT2D eigenvalue weighted by Crippen LogP contribution is 2.44. The molecule has 0 bridgehead atoms. The molecule has 1 aliphatic heterocycles. The summed E-state index contributed by atoms with van der Waals surface area (Å²) in [6.07, 6.45) is 1.20. The Morgan fingerprint density at radius 3 is 2.65 bits per heavy atom. The molecule has 1 atom stereocenters. The first-order valence-corrected chi connectivity index (χ1v) is 9.53. The van der Waals surface area contributed by atoms with Crippen LogP contribution in [0.4, 0.5) is 5.13 Å². The number of hydrogen-bond acceptors (Lipinski definition) is 6. The number of hydrogen-bond donors (Lipinski definition) is 1. The maximum atomic E-state index is 11.5. The molecular weight excluding hydrogens is 296 g/mol. The Labute approximate surface area is 123 Å². The van der Waals surface area contributed by atoms with E-state index < -0.39 is 15.9 Å². The van der Waals surface area contributed by atoms with E-state index in [9.17, 15) is 13.5 Å². The minimum Gasteiger partial charge on any atom is -0.387 e. The number of fused-ring (bicyclic) bond motifs is 1. The molecule has 3 rings (SSSR count). The Balaban J connectivity index is 1.84. The van der Waals surface area contributed by atoms with E-state index in [1.165, 1.54) is 11.3 Å². The summed E-state index contributed by atoms with van der Waals surface area (Å²) in [6.45, 7) is 5.31. The number of aliphatic hydroxyl groups is 1. The van der Waals surface area contributed by atoms with E-state index in [0.717, 1.165) is 28.5 Å². The lowest BCUT2D eigenvalue weighted by atomic mass is 9.77. The summed E-state index contributed by atoms with van der Waals surface area (Å²) >= 11 is 1.52. The maximum Gasteiger partial charge on any atom is 0.185 e. The number of anilines is 1. The molecular formula is C13H20N2O3S2. The minimum absolute atomic E-state index is 0.0724. The Morgan fingerprint density at radius 2 is 2.00 bits per heavy atom. The van der Waals surface area contributed by atoms with Gasteiger partial charge in [-0.2, -0.15) is 0 Å². The molecule has 5 nitrogen and oxygen atoms in total. The highest BCUT2D eigenvalue weighted by molar-refractivity contribution is 7.91. The lowest BCUT2D eigenvalue weighted by Gasteiger charge is -2.31. The predicted molar refractivity (Wildman–Crippen MR) is 80.0 cm³/mol. The van der Waals surface area contributed by atoms with Crippen molar-refractivity contribution in [2.24, 2.45) is 5.41 Å². The molecule has 0 radical (unpaired) electrons. The van der Waals surface area contributed by atoms with Gasteiger partial charge in [0.05, 0.1) is 28.2 Å². The molecule has 1 saturated heterocycles. The van der Waals surface area contributed by atoms with Gasteiger partial charge in [0.15, 0.2) is 15.0 Å². The largest absolute Gasteiger partial charge is 0.387 e. The number of thiazole rings is 1. The van der Waals surface area contributed by atoms with Crippen LogP contribution in [-0.2, 0) is 16.3 Å². The Kier molecular flexibility index (Phi) is 3.34. The maximum absolute atomic E-state index is 11.5. The molecule has 7 heteroatoms. The molecule has 1 fully saturated rings. The first-order chi connectivity index (χ1) is 9.26. The van der Waals surface area contributed by atoms with E-state index in [0.29, 0.717) is 13.1 Å². The number of aliphatic hydroxyl groups excluding tert-OH is 1. The third kappa shape index (κ3) is 2.71. The van der Waals surface area contributed by atoms with Crippen LogP contribution in [0.1, 0.15) is 36.9 Å². The van der Waals surface area contributed by atoms with Crippen molar-refractivity contribution in [3.8, 4) is 0 Å². The standard InChI is InChI=1S/C13H20N2O3S2/c1-13(2)7-9-11(10(16)8-13)19-12(14-9)15-3-5-20(17,18)6-4-15/h10,16H,3-8H2,1-2H3. The van der Waals surface area contributed by atoms with E-state index in [1.807, 2.05) is 4.90 Å². The fourth-order valence-electron chi connectivity index (χ4n) is 2.92. The molecule has 0 amide bonds. The van der Waals surface area contributed by atoms with E-state index in [-0.39, 0.29) is 16.9 Å². The molecule has 2 aliphatic rings. The molecule has 1 aromatic heterocycles. The molecule has 2 heterocycles. The van der Waals surface area contributed by atoms with Gasteiger partial charge in [-0.1, -0.05) is 25.2 Å². The van der Waals surface area contributed by atoms with Gasteiger partial charge in [-0.05, 0) is 18.3 Å². The minimum atomic E-state index is -2.87. The monoisotopic (exact) mass is 316 g/mol. The molecule has 0 saturated carbocycles.